The molecule has 3 aromatic carbocycles. The number of rotatable bonds is 12. The first-order valence-corrected chi connectivity index (χ1v) is 15.4. The highest BCUT2D eigenvalue weighted by molar-refractivity contribution is 6.31. The second-order valence-corrected chi connectivity index (χ2v) is 13.1. The number of methoxy groups -OCH3 is 1. The predicted molar refractivity (Wildman–Crippen MR) is 169 cm³/mol. The fraction of sp³-hybridized carbons (Fsp3) is 0.412. The Morgan fingerprint density at radius 2 is 1.89 bits per heavy atom. The van der Waals surface area contributed by atoms with Crippen molar-refractivity contribution < 1.29 is 28.5 Å². The fourth-order valence-corrected chi connectivity index (χ4v) is 6.77. The number of ether oxygens (including phenoxy) is 1. The lowest BCUT2D eigenvalue weighted by Crippen LogP contribution is -2.46. The highest BCUT2D eigenvalue weighted by Crippen LogP contribution is 2.53. The van der Waals surface area contributed by atoms with E-state index in [1.54, 1.807) is 7.11 Å². The molecule has 1 heterocycles. The molecule has 11 heteroatoms. The lowest BCUT2D eigenvalue weighted by molar-refractivity contribution is -0.123. The fourth-order valence-electron chi connectivity index (χ4n) is 6.43. The lowest BCUT2D eigenvalue weighted by atomic mass is 9.62. The third kappa shape index (κ3) is 7.43. The van der Waals surface area contributed by atoms with E-state index in [1.165, 1.54) is 30.3 Å². The molecule has 240 valence electrons. The number of carbonyl (C=O) groups excluding carboxylic acids is 1. The van der Waals surface area contributed by atoms with Crippen LogP contribution in [0.2, 0.25) is 10.0 Å². The molecular formula is C34H37Cl2F2N3O4. The van der Waals surface area contributed by atoms with E-state index in [-0.39, 0.29) is 34.1 Å². The van der Waals surface area contributed by atoms with E-state index < -0.39 is 59.1 Å². The molecule has 1 aliphatic heterocycles. The van der Waals surface area contributed by atoms with Gasteiger partial charge < -0.3 is 25.6 Å². The molecular weight excluding hydrogens is 623 g/mol. The first kappa shape index (κ1) is 34.6. The van der Waals surface area contributed by atoms with Crippen molar-refractivity contribution in [3.8, 4) is 11.8 Å². The summed E-state index contributed by atoms with van der Waals surface area (Å²) in [5.41, 5.74) is -1.32. The molecule has 4 rings (SSSR count). The Balaban J connectivity index is 1.85. The van der Waals surface area contributed by atoms with Crippen molar-refractivity contribution in [3.63, 3.8) is 0 Å². The van der Waals surface area contributed by atoms with E-state index in [4.69, 9.17) is 27.9 Å². The van der Waals surface area contributed by atoms with Gasteiger partial charge in [-0.3, -0.25) is 4.79 Å². The van der Waals surface area contributed by atoms with Gasteiger partial charge in [0.15, 0.2) is 0 Å². The van der Waals surface area contributed by atoms with Gasteiger partial charge in [0.2, 0.25) is 5.91 Å². The summed E-state index contributed by atoms with van der Waals surface area (Å²) in [6, 6.07) is 16.2. The molecule has 7 nitrogen and oxygen atoms in total. The van der Waals surface area contributed by atoms with E-state index >= 15 is 8.78 Å². The Kier molecular flexibility index (Phi) is 11.1. The van der Waals surface area contributed by atoms with Gasteiger partial charge in [-0.25, -0.2) is 8.78 Å². The highest BCUT2D eigenvalue weighted by Gasteiger charge is 2.61. The van der Waals surface area contributed by atoms with E-state index in [9.17, 15) is 20.3 Å². The van der Waals surface area contributed by atoms with Crippen LogP contribution in [0.5, 0.6) is 5.75 Å². The molecule has 1 saturated heterocycles. The second kappa shape index (κ2) is 14.4. The van der Waals surface area contributed by atoms with Crippen molar-refractivity contribution in [2.45, 2.75) is 62.6 Å². The molecule has 1 aliphatic rings. The van der Waals surface area contributed by atoms with Gasteiger partial charge in [0.05, 0.1) is 37.0 Å². The van der Waals surface area contributed by atoms with Crippen LogP contribution in [-0.4, -0.2) is 54.6 Å². The SMILES string of the molecule is COc1ccc(CC(C)(C)CC2NC(C(=O)NCC[C@H](O)CO)C(c3cccc(Cl)c3F)C2(C#N)c2ccc(Cl)cc2F)cc1. The molecule has 0 saturated carbocycles. The molecule has 45 heavy (non-hydrogen) atoms. The summed E-state index contributed by atoms with van der Waals surface area (Å²) in [7, 11) is 1.59. The maximum Gasteiger partial charge on any atom is 0.237 e. The van der Waals surface area contributed by atoms with Crippen LogP contribution in [0, 0.1) is 28.4 Å². The number of halogens is 4. The number of aliphatic hydroxyl groups is 2. The first-order chi connectivity index (χ1) is 21.4. The average molecular weight is 661 g/mol. The quantitative estimate of drug-likeness (QED) is 0.199. The number of nitrogens with zero attached hydrogens (tertiary/aromatic N) is 1. The molecule has 5 atom stereocenters. The molecule has 1 fully saturated rings. The summed E-state index contributed by atoms with van der Waals surface area (Å²) in [6.07, 6.45) is -0.110. The van der Waals surface area contributed by atoms with Crippen molar-refractivity contribution in [2.75, 3.05) is 20.3 Å². The topological polar surface area (TPSA) is 115 Å². The second-order valence-electron chi connectivity index (χ2n) is 12.2. The number of benzene rings is 3. The molecule has 0 bridgehead atoms. The molecule has 3 aromatic rings. The van der Waals surface area contributed by atoms with Crippen LogP contribution < -0.4 is 15.4 Å². The summed E-state index contributed by atoms with van der Waals surface area (Å²) in [5.74, 6) is -2.66. The van der Waals surface area contributed by atoms with E-state index in [0.717, 1.165) is 11.6 Å². The third-order valence-electron chi connectivity index (χ3n) is 8.50. The molecule has 1 amide bonds. The van der Waals surface area contributed by atoms with Crippen LogP contribution in [0.3, 0.4) is 0 Å². The lowest BCUT2D eigenvalue weighted by Gasteiger charge is -2.38. The first-order valence-electron chi connectivity index (χ1n) is 14.6. The van der Waals surface area contributed by atoms with E-state index in [1.807, 2.05) is 38.1 Å². The minimum atomic E-state index is -1.79. The Bertz CT molecular complexity index is 1550. The normalized spacial score (nSPS) is 22.1. The number of nitriles is 1. The summed E-state index contributed by atoms with van der Waals surface area (Å²) < 4.78 is 37.1. The smallest absolute Gasteiger partial charge is 0.237 e. The Morgan fingerprint density at radius 3 is 2.51 bits per heavy atom. The van der Waals surface area contributed by atoms with Gasteiger partial charge in [-0.05, 0) is 66.1 Å². The molecule has 4 unspecified atom stereocenters. The Labute approximate surface area is 272 Å². The summed E-state index contributed by atoms with van der Waals surface area (Å²) in [6.45, 7) is 3.55. The van der Waals surface area contributed by atoms with Crippen molar-refractivity contribution >= 4 is 29.1 Å². The highest BCUT2D eigenvalue weighted by atomic mass is 35.5. The number of amides is 1. The number of nitrogens with one attached hydrogen (secondary N) is 2. The van der Waals surface area contributed by atoms with Gasteiger partial charge in [-0.1, -0.05) is 67.4 Å². The van der Waals surface area contributed by atoms with Crippen molar-refractivity contribution in [1.29, 1.82) is 5.26 Å². The Hall–Kier alpha value is -3.26. The van der Waals surface area contributed by atoms with Crippen LogP contribution in [0.4, 0.5) is 8.78 Å². The van der Waals surface area contributed by atoms with Gasteiger partial charge in [-0.2, -0.15) is 5.26 Å². The number of hydrogen-bond acceptors (Lipinski definition) is 6. The maximum absolute atomic E-state index is 15.9. The van der Waals surface area contributed by atoms with E-state index in [2.05, 4.69) is 16.7 Å². The molecule has 0 spiro atoms. The van der Waals surface area contributed by atoms with Crippen LogP contribution in [0.15, 0.2) is 60.7 Å². The molecule has 0 aliphatic carbocycles. The van der Waals surface area contributed by atoms with Gasteiger partial charge in [0.25, 0.3) is 0 Å². The zero-order valence-electron chi connectivity index (χ0n) is 25.3. The van der Waals surface area contributed by atoms with Crippen molar-refractivity contribution in [1.82, 2.24) is 10.6 Å². The van der Waals surface area contributed by atoms with Crippen LogP contribution in [0.1, 0.15) is 49.3 Å². The summed E-state index contributed by atoms with van der Waals surface area (Å²) in [4.78, 5) is 13.8. The molecule has 0 radical (unpaired) electrons. The van der Waals surface area contributed by atoms with Crippen LogP contribution >= 0.6 is 23.2 Å². The molecule has 0 aromatic heterocycles. The minimum Gasteiger partial charge on any atom is -0.497 e. The largest absolute Gasteiger partial charge is 0.497 e. The Morgan fingerprint density at radius 1 is 1.18 bits per heavy atom. The predicted octanol–water partition coefficient (Wildman–Crippen LogP) is 5.68. The summed E-state index contributed by atoms with van der Waals surface area (Å²) in [5, 5.41) is 36.0. The van der Waals surface area contributed by atoms with Gasteiger partial charge in [0.1, 0.15) is 22.8 Å². The van der Waals surface area contributed by atoms with Gasteiger partial charge in [0, 0.05) is 29.1 Å². The average Bonchev–Trinajstić information content (AvgIpc) is 3.32. The monoisotopic (exact) mass is 659 g/mol. The minimum absolute atomic E-state index is 0.00593. The summed E-state index contributed by atoms with van der Waals surface area (Å²) >= 11 is 12.3. The zero-order valence-corrected chi connectivity index (χ0v) is 26.8. The van der Waals surface area contributed by atoms with Crippen molar-refractivity contribution in [2.24, 2.45) is 5.41 Å². The zero-order chi connectivity index (χ0) is 32.9. The van der Waals surface area contributed by atoms with Crippen molar-refractivity contribution in [3.05, 3.63) is 99.0 Å². The standard InChI is InChI=1S/C34H37Cl2F2N3O4/c1-33(2,16-20-7-10-23(45-3)11-8-20)17-28-34(19-39,25-12-9-21(35)15-27(25)37)29(24-5-4-6-26(36)30(24)38)31(41-28)32(44)40-14-13-22(43)18-42/h4-12,15,22,28-29,31,41-43H,13-14,16-18H2,1-3H3,(H,40,44)/t22-,28?,29?,31?,34?/m0/s1. The third-order valence-corrected chi connectivity index (χ3v) is 9.03. The van der Waals surface area contributed by atoms with Gasteiger partial charge in [-0.15, -0.1) is 0 Å². The van der Waals surface area contributed by atoms with Gasteiger partial charge >= 0.3 is 0 Å². The number of aliphatic hydroxyl groups excluding tert-OH is 2. The van der Waals surface area contributed by atoms with E-state index in [0.29, 0.717) is 18.6 Å². The van der Waals surface area contributed by atoms with Crippen LogP contribution in [-0.2, 0) is 16.6 Å². The van der Waals surface area contributed by atoms with Crippen LogP contribution in [0.25, 0.3) is 0 Å². The maximum atomic E-state index is 15.9. The number of carbonyl (C=O) groups is 1. The number of hydrogen-bond donors (Lipinski definition) is 4. The molecule has 4 N–H and O–H groups in total.